The van der Waals surface area contributed by atoms with Crippen molar-refractivity contribution in [1.82, 2.24) is 5.32 Å². The Kier molecular flexibility index (Phi) is 4.83. The summed E-state index contributed by atoms with van der Waals surface area (Å²) in [5, 5.41) is 2.87. The molecule has 6 heteroatoms. The molecule has 0 saturated carbocycles. The van der Waals surface area contributed by atoms with E-state index in [1.807, 2.05) is 31.2 Å². The molecule has 0 spiro atoms. The zero-order valence-electron chi connectivity index (χ0n) is 17.1. The number of aryl methyl sites for hydroxylation is 1. The first-order valence-electron chi connectivity index (χ1n) is 9.13. The van der Waals surface area contributed by atoms with Gasteiger partial charge in [0.25, 0.3) is 5.91 Å². The second kappa shape index (κ2) is 6.86. The zero-order chi connectivity index (χ0) is 20.7. The van der Waals surface area contributed by atoms with Crippen LogP contribution in [0, 0.1) is 6.92 Å². The van der Waals surface area contributed by atoms with Crippen molar-refractivity contribution in [3.63, 3.8) is 0 Å². The molecule has 2 amide bonds. The fourth-order valence-electron chi connectivity index (χ4n) is 3.50. The number of hydrogen-bond donors (Lipinski definition) is 1. The van der Waals surface area contributed by atoms with Gasteiger partial charge in [0, 0.05) is 18.3 Å². The standard InChI is InChI=1S/C22H26N2O4/c1-14-10-11-18-17(12-14)22(19(25)24(18)5,23-20(26)28-21(2,3)4)15-8-7-9-16(13-15)27-6/h7-13H,1-6H3,(H,23,26). The maximum absolute atomic E-state index is 13.5. The minimum atomic E-state index is -1.40. The van der Waals surface area contributed by atoms with Gasteiger partial charge in [0.15, 0.2) is 5.54 Å². The third-order valence-electron chi connectivity index (χ3n) is 4.73. The van der Waals surface area contributed by atoms with Crippen LogP contribution < -0.4 is 15.0 Å². The van der Waals surface area contributed by atoms with Gasteiger partial charge in [0.2, 0.25) is 0 Å². The maximum Gasteiger partial charge on any atom is 0.409 e. The Hall–Kier alpha value is -3.02. The highest BCUT2D eigenvalue weighted by Crippen LogP contribution is 2.45. The summed E-state index contributed by atoms with van der Waals surface area (Å²) in [6, 6.07) is 12.9. The van der Waals surface area contributed by atoms with E-state index in [0.717, 1.165) is 11.3 Å². The highest BCUT2D eigenvalue weighted by molar-refractivity contribution is 6.11. The van der Waals surface area contributed by atoms with Crippen LogP contribution >= 0.6 is 0 Å². The summed E-state index contributed by atoms with van der Waals surface area (Å²) in [5.74, 6) is 0.339. The highest BCUT2D eigenvalue weighted by atomic mass is 16.6. The maximum atomic E-state index is 13.5. The number of nitrogens with one attached hydrogen (secondary N) is 1. The third-order valence-corrected chi connectivity index (χ3v) is 4.73. The number of hydrogen-bond acceptors (Lipinski definition) is 4. The molecule has 28 heavy (non-hydrogen) atoms. The number of nitrogens with zero attached hydrogens (tertiary/aromatic N) is 1. The largest absolute Gasteiger partial charge is 0.497 e. The van der Waals surface area contributed by atoms with E-state index in [1.54, 1.807) is 58.0 Å². The number of carbonyl (C=O) groups excluding carboxylic acids is 2. The fourth-order valence-corrected chi connectivity index (χ4v) is 3.50. The Balaban J connectivity index is 2.22. The Morgan fingerprint density at radius 2 is 1.86 bits per heavy atom. The van der Waals surface area contributed by atoms with E-state index >= 15 is 0 Å². The number of rotatable bonds is 3. The van der Waals surface area contributed by atoms with Crippen molar-refractivity contribution in [3.8, 4) is 5.75 Å². The second-order valence-corrected chi connectivity index (χ2v) is 7.99. The molecule has 0 aromatic heterocycles. The van der Waals surface area contributed by atoms with Crippen LogP contribution in [0.5, 0.6) is 5.75 Å². The van der Waals surface area contributed by atoms with Crippen molar-refractivity contribution in [3.05, 3.63) is 59.2 Å². The number of likely N-dealkylation sites (N-methyl/N-ethyl adjacent to an activating group) is 1. The van der Waals surface area contributed by atoms with Crippen molar-refractivity contribution in [1.29, 1.82) is 0 Å². The summed E-state index contributed by atoms with van der Waals surface area (Å²) in [4.78, 5) is 27.8. The number of methoxy groups -OCH3 is 1. The van der Waals surface area contributed by atoms with Gasteiger partial charge in [-0.2, -0.15) is 0 Å². The summed E-state index contributed by atoms with van der Waals surface area (Å²) in [7, 11) is 3.27. The number of anilines is 1. The molecule has 0 saturated heterocycles. The zero-order valence-corrected chi connectivity index (χ0v) is 17.1. The summed E-state index contributed by atoms with van der Waals surface area (Å²) < 4.78 is 10.8. The molecular formula is C22H26N2O4. The second-order valence-electron chi connectivity index (χ2n) is 7.99. The number of amides is 2. The SMILES string of the molecule is COc1cccc(C2(NC(=O)OC(C)(C)C)C(=O)N(C)c3ccc(C)cc32)c1. The van der Waals surface area contributed by atoms with E-state index in [0.29, 0.717) is 16.9 Å². The van der Waals surface area contributed by atoms with Crippen LogP contribution in [0.4, 0.5) is 10.5 Å². The normalized spacial score (nSPS) is 18.6. The fraction of sp³-hybridized carbons (Fsp3) is 0.364. The van der Waals surface area contributed by atoms with Crippen LogP contribution in [0.3, 0.4) is 0 Å². The molecule has 6 nitrogen and oxygen atoms in total. The van der Waals surface area contributed by atoms with Crippen molar-refractivity contribution in [2.75, 3.05) is 19.1 Å². The molecule has 1 aliphatic rings. The van der Waals surface area contributed by atoms with Crippen LogP contribution in [0.2, 0.25) is 0 Å². The summed E-state index contributed by atoms with van der Waals surface area (Å²) in [6.45, 7) is 7.30. The van der Waals surface area contributed by atoms with Crippen molar-refractivity contribution < 1.29 is 19.1 Å². The topological polar surface area (TPSA) is 67.9 Å². The molecule has 0 bridgehead atoms. The first-order valence-corrected chi connectivity index (χ1v) is 9.13. The molecule has 1 aliphatic heterocycles. The summed E-state index contributed by atoms with van der Waals surface area (Å²) in [5.41, 5.74) is 0.961. The third kappa shape index (κ3) is 3.30. The van der Waals surface area contributed by atoms with Crippen molar-refractivity contribution >= 4 is 17.7 Å². The monoisotopic (exact) mass is 382 g/mol. The number of alkyl carbamates (subject to hydrolysis) is 1. The molecule has 0 fully saturated rings. The molecule has 3 rings (SSSR count). The van der Waals surface area contributed by atoms with Crippen LogP contribution in [0.15, 0.2) is 42.5 Å². The molecule has 1 heterocycles. The van der Waals surface area contributed by atoms with Gasteiger partial charge in [-0.1, -0.05) is 29.8 Å². The molecule has 1 atom stereocenters. The van der Waals surface area contributed by atoms with Gasteiger partial charge in [-0.15, -0.1) is 0 Å². The van der Waals surface area contributed by atoms with Crippen LogP contribution in [0.1, 0.15) is 37.5 Å². The predicted molar refractivity (Wildman–Crippen MR) is 108 cm³/mol. The van der Waals surface area contributed by atoms with Crippen LogP contribution in [0.25, 0.3) is 0 Å². The number of benzene rings is 2. The summed E-state index contributed by atoms with van der Waals surface area (Å²) >= 11 is 0. The lowest BCUT2D eigenvalue weighted by Gasteiger charge is -2.31. The lowest BCUT2D eigenvalue weighted by molar-refractivity contribution is -0.122. The Labute approximate surface area is 165 Å². The van der Waals surface area contributed by atoms with Crippen molar-refractivity contribution in [2.24, 2.45) is 0 Å². The van der Waals surface area contributed by atoms with Gasteiger partial charge in [0.1, 0.15) is 11.4 Å². The number of carbonyl (C=O) groups is 2. The molecule has 1 N–H and O–H groups in total. The van der Waals surface area contributed by atoms with E-state index < -0.39 is 17.2 Å². The van der Waals surface area contributed by atoms with Gasteiger partial charge in [-0.05, 0) is 51.5 Å². The van der Waals surface area contributed by atoms with E-state index in [-0.39, 0.29) is 5.91 Å². The first-order chi connectivity index (χ1) is 13.1. The van der Waals surface area contributed by atoms with Gasteiger partial charge in [-0.25, -0.2) is 4.79 Å². The van der Waals surface area contributed by atoms with E-state index in [9.17, 15) is 9.59 Å². The Morgan fingerprint density at radius 3 is 2.50 bits per heavy atom. The molecular weight excluding hydrogens is 356 g/mol. The highest BCUT2D eigenvalue weighted by Gasteiger charge is 2.53. The molecule has 0 aliphatic carbocycles. The average Bonchev–Trinajstić information content (AvgIpc) is 2.82. The average molecular weight is 382 g/mol. The van der Waals surface area contributed by atoms with Gasteiger partial charge in [-0.3, -0.25) is 10.1 Å². The molecule has 1 unspecified atom stereocenters. The van der Waals surface area contributed by atoms with Gasteiger partial charge >= 0.3 is 6.09 Å². The molecule has 2 aromatic rings. The quantitative estimate of drug-likeness (QED) is 0.878. The molecule has 0 radical (unpaired) electrons. The molecule has 2 aromatic carbocycles. The predicted octanol–water partition coefficient (Wildman–Crippen LogP) is 3.75. The Bertz CT molecular complexity index is 932. The first kappa shape index (κ1) is 19.7. The summed E-state index contributed by atoms with van der Waals surface area (Å²) in [6.07, 6.45) is -0.661. The van der Waals surface area contributed by atoms with E-state index in [1.165, 1.54) is 0 Å². The molecule has 148 valence electrons. The Morgan fingerprint density at radius 1 is 1.14 bits per heavy atom. The van der Waals surface area contributed by atoms with E-state index in [2.05, 4.69) is 5.32 Å². The van der Waals surface area contributed by atoms with Gasteiger partial charge in [0.05, 0.1) is 7.11 Å². The van der Waals surface area contributed by atoms with Crippen LogP contribution in [-0.2, 0) is 15.1 Å². The van der Waals surface area contributed by atoms with E-state index in [4.69, 9.17) is 9.47 Å². The van der Waals surface area contributed by atoms with Crippen LogP contribution in [-0.4, -0.2) is 31.8 Å². The van der Waals surface area contributed by atoms with Gasteiger partial charge < -0.3 is 14.4 Å². The number of ether oxygens (including phenoxy) is 2. The minimum absolute atomic E-state index is 0.257. The lowest BCUT2D eigenvalue weighted by Crippen LogP contribution is -2.54. The van der Waals surface area contributed by atoms with Crippen molar-refractivity contribution in [2.45, 2.75) is 38.8 Å². The lowest BCUT2D eigenvalue weighted by atomic mass is 9.83. The minimum Gasteiger partial charge on any atom is -0.497 e. The number of fused-ring (bicyclic) bond motifs is 1. The smallest absolute Gasteiger partial charge is 0.409 e.